The molecule has 0 saturated carbocycles. The third kappa shape index (κ3) is 5.84. The molecule has 3 heteroatoms. The van der Waals surface area contributed by atoms with Crippen LogP contribution >= 0.6 is 11.6 Å². The summed E-state index contributed by atoms with van der Waals surface area (Å²) in [6, 6.07) is 6.40. The molecular weight excluding hydrogens is 258 g/mol. The maximum atomic E-state index is 6.27. The monoisotopic (exact) mass is 283 g/mol. The second kappa shape index (κ2) is 9.22. The van der Waals surface area contributed by atoms with E-state index in [1.54, 1.807) is 0 Å². The lowest BCUT2D eigenvalue weighted by Gasteiger charge is -2.15. The highest BCUT2D eigenvalue weighted by atomic mass is 35.5. The van der Waals surface area contributed by atoms with Gasteiger partial charge in [-0.3, -0.25) is 0 Å². The molecule has 1 unspecified atom stereocenters. The Labute approximate surface area is 122 Å². The fourth-order valence-corrected chi connectivity index (χ4v) is 2.16. The van der Waals surface area contributed by atoms with Gasteiger partial charge in [0.15, 0.2) is 0 Å². The van der Waals surface area contributed by atoms with Crippen LogP contribution in [0.15, 0.2) is 18.2 Å². The minimum atomic E-state index is 0.326. The lowest BCUT2D eigenvalue weighted by Crippen LogP contribution is -2.19. The van der Waals surface area contributed by atoms with Crippen LogP contribution in [-0.2, 0) is 0 Å². The van der Waals surface area contributed by atoms with Crippen molar-refractivity contribution in [3.63, 3.8) is 0 Å². The maximum absolute atomic E-state index is 6.27. The van der Waals surface area contributed by atoms with E-state index in [1.165, 1.54) is 18.4 Å². The zero-order valence-corrected chi connectivity index (χ0v) is 13.1. The number of ether oxygens (including phenoxy) is 1. The molecule has 1 N–H and O–H groups in total. The summed E-state index contributed by atoms with van der Waals surface area (Å²) in [5, 5.41) is 4.16. The first kappa shape index (κ1) is 16.3. The number of unbranched alkanes of at least 4 members (excludes halogenated alkanes) is 2. The SMILES string of the molecule is CCCCCOc1ccc(C(C)NCCC)cc1Cl. The van der Waals surface area contributed by atoms with Gasteiger partial charge < -0.3 is 10.1 Å². The van der Waals surface area contributed by atoms with Crippen molar-refractivity contribution < 1.29 is 4.74 Å². The van der Waals surface area contributed by atoms with E-state index < -0.39 is 0 Å². The van der Waals surface area contributed by atoms with Crippen molar-refractivity contribution in [2.45, 2.75) is 52.5 Å². The summed E-state index contributed by atoms with van der Waals surface area (Å²) in [4.78, 5) is 0. The van der Waals surface area contributed by atoms with Crippen molar-refractivity contribution in [3.05, 3.63) is 28.8 Å². The Morgan fingerprint density at radius 2 is 2.00 bits per heavy atom. The van der Waals surface area contributed by atoms with E-state index in [1.807, 2.05) is 12.1 Å². The number of halogens is 1. The number of nitrogens with one attached hydrogen (secondary N) is 1. The largest absolute Gasteiger partial charge is 0.492 e. The summed E-state index contributed by atoms with van der Waals surface area (Å²) in [5.41, 5.74) is 1.21. The van der Waals surface area contributed by atoms with Gasteiger partial charge in [-0.15, -0.1) is 0 Å². The fourth-order valence-electron chi connectivity index (χ4n) is 1.92. The zero-order valence-electron chi connectivity index (χ0n) is 12.3. The Hall–Kier alpha value is -0.730. The van der Waals surface area contributed by atoms with Crippen LogP contribution in [0.25, 0.3) is 0 Å². The molecule has 1 rings (SSSR count). The second-order valence-corrected chi connectivity index (χ2v) is 5.33. The smallest absolute Gasteiger partial charge is 0.137 e. The predicted octanol–water partition coefficient (Wildman–Crippen LogP) is 4.97. The standard InChI is InChI=1S/C16H26ClNO/c1-4-6-7-11-19-16-9-8-14(12-15(16)17)13(3)18-10-5-2/h8-9,12-13,18H,4-7,10-11H2,1-3H3. The van der Waals surface area contributed by atoms with Crippen molar-refractivity contribution in [2.24, 2.45) is 0 Å². The van der Waals surface area contributed by atoms with Gasteiger partial charge in [0.25, 0.3) is 0 Å². The van der Waals surface area contributed by atoms with Crippen molar-refractivity contribution in [1.29, 1.82) is 0 Å². The van der Waals surface area contributed by atoms with Crippen LogP contribution in [0, 0.1) is 0 Å². The predicted molar refractivity (Wildman–Crippen MR) is 83.2 cm³/mol. The highest BCUT2D eigenvalue weighted by Crippen LogP contribution is 2.28. The zero-order chi connectivity index (χ0) is 14.1. The normalized spacial score (nSPS) is 12.4. The second-order valence-electron chi connectivity index (χ2n) is 4.92. The lowest BCUT2D eigenvalue weighted by atomic mass is 10.1. The molecule has 0 heterocycles. The van der Waals surface area contributed by atoms with E-state index in [-0.39, 0.29) is 0 Å². The molecule has 0 saturated heterocycles. The average Bonchev–Trinajstić information content (AvgIpc) is 2.42. The number of rotatable bonds is 9. The molecule has 0 fully saturated rings. The summed E-state index contributed by atoms with van der Waals surface area (Å²) in [5.74, 6) is 0.796. The molecule has 0 aliphatic carbocycles. The van der Waals surface area contributed by atoms with Crippen LogP contribution in [0.4, 0.5) is 0 Å². The van der Waals surface area contributed by atoms with E-state index in [2.05, 4.69) is 32.2 Å². The Kier molecular flexibility index (Phi) is 7.92. The van der Waals surface area contributed by atoms with Gasteiger partial charge in [0.1, 0.15) is 5.75 Å². The quantitative estimate of drug-likeness (QED) is 0.646. The molecule has 0 radical (unpaired) electrons. The van der Waals surface area contributed by atoms with Crippen LogP contribution in [0.5, 0.6) is 5.75 Å². The Morgan fingerprint density at radius 1 is 1.21 bits per heavy atom. The molecule has 0 aliphatic heterocycles. The summed E-state index contributed by atoms with van der Waals surface area (Å²) in [6.45, 7) is 8.28. The highest BCUT2D eigenvalue weighted by Gasteiger charge is 2.08. The van der Waals surface area contributed by atoms with Crippen LogP contribution in [-0.4, -0.2) is 13.2 Å². The topological polar surface area (TPSA) is 21.3 Å². The Balaban J connectivity index is 2.53. The van der Waals surface area contributed by atoms with Gasteiger partial charge in [-0.1, -0.05) is 44.4 Å². The minimum absolute atomic E-state index is 0.326. The molecule has 0 amide bonds. The van der Waals surface area contributed by atoms with Crippen molar-refractivity contribution >= 4 is 11.6 Å². The van der Waals surface area contributed by atoms with Crippen LogP contribution < -0.4 is 10.1 Å². The first-order valence-corrected chi connectivity index (χ1v) is 7.72. The third-order valence-electron chi connectivity index (χ3n) is 3.16. The van der Waals surface area contributed by atoms with E-state index in [4.69, 9.17) is 16.3 Å². The van der Waals surface area contributed by atoms with Gasteiger partial charge in [0.2, 0.25) is 0 Å². The summed E-state index contributed by atoms with van der Waals surface area (Å²) < 4.78 is 5.70. The van der Waals surface area contributed by atoms with Crippen molar-refractivity contribution in [3.8, 4) is 5.75 Å². The Bertz CT molecular complexity index is 368. The molecule has 108 valence electrons. The average molecular weight is 284 g/mol. The van der Waals surface area contributed by atoms with Crippen molar-refractivity contribution in [2.75, 3.05) is 13.2 Å². The number of hydrogen-bond donors (Lipinski definition) is 1. The van der Waals surface area contributed by atoms with Gasteiger partial charge in [-0.2, -0.15) is 0 Å². The van der Waals surface area contributed by atoms with E-state index in [0.717, 1.165) is 31.7 Å². The van der Waals surface area contributed by atoms with E-state index in [0.29, 0.717) is 11.1 Å². The molecule has 0 bridgehead atoms. The molecule has 0 aliphatic rings. The molecule has 1 aromatic carbocycles. The van der Waals surface area contributed by atoms with E-state index in [9.17, 15) is 0 Å². The van der Waals surface area contributed by atoms with Crippen LogP contribution in [0.3, 0.4) is 0 Å². The summed E-state index contributed by atoms with van der Waals surface area (Å²) in [6.07, 6.45) is 4.63. The van der Waals surface area contributed by atoms with Gasteiger partial charge >= 0.3 is 0 Å². The fraction of sp³-hybridized carbons (Fsp3) is 0.625. The number of benzene rings is 1. The van der Waals surface area contributed by atoms with Gasteiger partial charge in [-0.05, 0) is 44.0 Å². The maximum Gasteiger partial charge on any atom is 0.137 e. The van der Waals surface area contributed by atoms with Crippen LogP contribution in [0.2, 0.25) is 5.02 Å². The van der Waals surface area contributed by atoms with Gasteiger partial charge in [0, 0.05) is 6.04 Å². The summed E-state index contributed by atoms with van der Waals surface area (Å²) in [7, 11) is 0. The highest BCUT2D eigenvalue weighted by molar-refractivity contribution is 6.32. The van der Waals surface area contributed by atoms with Gasteiger partial charge in [0.05, 0.1) is 11.6 Å². The third-order valence-corrected chi connectivity index (χ3v) is 3.46. The van der Waals surface area contributed by atoms with Gasteiger partial charge in [-0.25, -0.2) is 0 Å². The molecule has 1 aromatic rings. The summed E-state index contributed by atoms with van der Waals surface area (Å²) >= 11 is 6.27. The molecule has 1 atom stereocenters. The van der Waals surface area contributed by atoms with Crippen molar-refractivity contribution in [1.82, 2.24) is 5.32 Å². The number of hydrogen-bond acceptors (Lipinski definition) is 2. The molecule has 19 heavy (non-hydrogen) atoms. The molecule has 2 nitrogen and oxygen atoms in total. The molecule has 0 aromatic heterocycles. The lowest BCUT2D eigenvalue weighted by molar-refractivity contribution is 0.306. The molecular formula is C16H26ClNO. The first-order valence-electron chi connectivity index (χ1n) is 7.34. The Morgan fingerprint density at radius 3 is 2.63 bits per heavy atom. The first-order chi connectivity index (χ1) is 9.19. The molecule has 0 spiro atoms. The minimum Gasteiger partial charge on any atom is -0.492 e. The van der Waals surface area contributed by atoms with Crippen LogP contribution in [0.1, 0.15) is 58.1 Å². The van der Waals surface area contributed by atoms with E-state index >= 15 is 0 Å².